The summed E-state index contributed by atoms with van der Waals surface area (Å²) in [5.41, 5.74) is 1.06. The third kappa shape index (κ3) is 11.0. The first-order valence-corrected chi connectivity index (χ1v) is 12.6. The molecule has 2 aromatic carbocycles. The first-order chi connectivity index (χ1) is 16.2. The van der Waals surface area contributed by atoms with Gasteiger partial charge < -0.3 is 23.7 Å². The molecule has 0 aliphatic rings. The van der Waals surface area contributed by atoms with E-state index in [0.717, 1.165) is 42.7 Å². The Morgan fingerprint density at radius 1 is 0.697 bits per heavy atom. The van der Waals surface area contributed by atoms with Crippen LogP contribution in [0.15, 0.2) is 42.5 Å². The Morgan fingerprint density at radius 3 is 2.03 bits per heavy atom. The lowest BCUT2D eigenvalue weighted by Gasteiger charge is -2.24. The normalized spacial score (nSPS) is 14.4. The minimum atomic E-state index is -0.412. The zero-order valence-corrected chi connectivity index (χ0v) is 21.1. The maximum Gasteiger partial charge on any atom is 0.184 e. The fraction of sp³-hybridized carbons (Fsp3) is 0.643. The molecule has 3 unspecified atom stereocenters. The van der Waals surface area contributed by atoms with Crippen molar-refractivity contribution in [2.75, 3.05) is 46.2 Å². The van der Waals surface area contributed by atoms with Gasteiger partial charge in [-0.05, 0) is 36.5 Å². The summed E-state index contributed by atoms with van der Waals surface area (Å²) in [6, 6.07) is 14.6. The first-order valence-electron chi connectivity index (χ1n) is 12.6. The molecule has 2 rings (SSSR count). The molecule has 0 aliphatic heterocycles. The standard InChI is InChI=1S/C28H44O5/c1-5-10-24(4)33-28(27-14-9-12-25-11-7-8-13-26(25)27)32-22-21-31-20-19-30-18-17-29-16-15-23(3)6-2/h7-9,11-14,23-24,28H,5-6,10,15-22H2,1-4H3. The first kappa shape index (κ1) is 27.7. The Hall–Kier alpha value is -1.50. The van der Waals surface area contributed by atoms with Crippen LogP contribution in [0.5, 0.6) is 0 Å². The van der Waals surface area contributed by atoms with E-state index in [2.05, 4.69) is 70.2 Å². The third-order valence-corrected chi connectivity index (χ3v) is 5.82. The fourth-order valence-corrected chi connectivity index (χ4v) is 3.59. The quantitative estimate of drug-likeness (QED) is 0.176. The fourth-order valence-electron chi connectivity index (χ4n) is 3.59. The molecule has 0 aromatic heterocycles. The molecule has 0 bridgehead atoms. The van der Waals surface area contributed by atoms with Crippen LogP contribution in [-0.2, 0) is 23.7 Å². The minimum absolute atomic E-state index is 0.126. The van der Waals surface area contributed by atoms with E-state index in [-0.39, 0.29) is 6.10 Å². The van der Waals surface area contributed by atoms with Crippen molar-refractivity contribution < 1.29 is 23.7 Å². The van der Waals surface area contributed by atoms with Gasteiger partial charge in [-0.1, -0.05) is 76.1 Å². The van der Waals surface area contributed by atoms with Crippen molar-refractivity contribution in [1.82, 2.24) is 0 Å². The third-order valence-electron chi connectivity index (χ3n) is 5.82. The Morgan fingerprint density at radius 2 is 1.33 bits per heavy atom. The summed E-state index contributed by atoms with van der Waals surface area (Å²) in [5, 5.41) is 2.35. The predicted octanol–water partition coefficient (Wildman–Crippen LogP) is 6.55. The number of fused-ring (bicyclic) bond motifs is 1. The van der Waals surface area contributed by atoms with Gasteiger partial charge >= 0.3 is 0 Å². The molecule has 0 spiro atoms. The highest BCUT2D eigenvalue weighted by Gasteiger charge is 2.18. The highest BCUT2D eigenvalue weighted by molar-refractivity contribution is 5.85. The summed E-state index contributed by atoms with van der Waals surface area (Å²) in [4.78, 5) is 0. The lowest BCUT2D eigenvalue weighted by Crippen LogP contribution is -2.19. The van der Waals surface area contributed by atoms with Crippen LogP contribution in [-0.4, -0.2) is 52.4 Å². The summed E-state index contributed by atoms with van der Waals surface area (Å²) in [7, 11) is 0. The van der Waals surface area contributed by atoms with Gasteiger partial charge in [0.1, 0.15) is 0 Å². The molecule has 0 radical (unpaired) electrons. The number of hydrogen-bond donors (Lipinski definition) is 0. The Bertz CT molecular complexity index is 745. The summed E-state index contributed by atoms with van der Waals surface area (Å²) in [5.74, 6) is 0.724. The van der Waals surface area contributed by atoms with Gasteiger partial charge in [-0.2, -0.15) is 0 Å². The molecule has 2 aromatic rings. The van der Waals surface area contributed by atoms with Crippen molar-refractivity contribution in [3.05, 3.63) is 48.0 Å². The summed E-state index contributed by atoms with van der Waals surface area (Å²) >= 11 is 0. The van der Waals surface area contributed by atoms with Gasteiger partial charge in [0.2, 0.25) is 0 Å². The van der Waals surface area contributed by atoms with Gasteiger partial charge in [0.05, 0.1) is 45.7 Å². The van der Waals surface area contributed by atoms with Gasteiger partial charge in [-0.25, -0.2) is 0 Å². The van der Waals surface area contributed by atoms with Crippen LogP contribution >= 0.6 is 0 Å². The molecule has 186 valence electrons. The topological polar surface area (TPSA) is 46.2 Å². The molecule has 0 heterocycles. The highest BCUT2D eigenvalue weighted by atomic mass is 16.7. The van der Waals surface area contributed by atoms with Crippen molar-refractivity contribution in [2.45, 2.75) is 65.8 Å². The van der Waals surface area contributed by atoms with Crippen LogP contribution in [0.25, 0.3) is 10.8 Å². The van der Waals surface area contributed by atoms with Gasteiger partial charge in [0, 0.05) is 12.2 Å². The zero-order valence-electron chi connectivity index (χ0n) is 21.1. The second kappa shape index (κ2) is 17.0. The number of hydrogen-bond acceptors (Lipinski definition) is 5. The maximum atomic E-state index is 6.28. The average molecular weight is 461 g/mol. The molecular formula is C28H44O5. The maximum absolute atomic E-state index is 6.28. The molecule has 0 aliphatic carbocycles. The zero-order chi connectivity index (χ0) is 23.7. The van der Waals surface area contributed by atoms with E-state index in [1.54, 1.807) is 0 Å². The predicted molar refractivity (Wildman–Crippen MR) is 135 cm³/mol. The Labute approximate surface area is 200 Å². The minimum Gasteiger partial charge on any atom is -0.379 e. The van der Waals surface area contributed by atoms with Crippen molar-refractivity contribution in [3.8, 4) is 0 Å². The largest absolute Gasteiger partial charge is 0.379 e. The molecular weight excluding hydrogens is 416 g/mol. The van der Waals surface area contributed by atoms with Crippen molar-refractivity contribution in [1.29, 1.82) is 0 Å². The van der Waals surface area contributed by atoms with Gasteiger partial charge in [-0.3, -0.25) is 0 Å². The van der Waals surface area contributed by atoms with E-state index in [0.29, 0.717) is 39.6 Å². The number of rotatable bonds is 19. The Kier molecular flexibility index (Phi) is 14.3. The molecule has 0 amide bonds. The lowest BCUT2D eigenvalue weighted by molar-refractivity contribution is -0.178. The van der Waals surface area contributed by atoms with Crippen LogP contribution in [0.2, 0.25) is 0 Å². The van der Waals surface area contributed by atoms with E-state index in [9.17, 15) is 0 Å². The smallest absolute Gasteiger partial charge is 0.184 e. The molecule has 33 heavy (non-hydrogen) atoms. The summed E-state index contributed by atoms with van der Waals surface area (Å²) in [6.45, 7) is 12.9. The molecule has 5 nitrogen and oxygen atoms in total. The second-order valence-electron chi connectivity index (χ2n) is 8.65. The summed E-state index contributed by atoms with van der Waals surface area (Å²) in [6.07, 6.45) is 4.11. The lowest BCUT2D eigenvalue weighted by atomic mass is 10.0. The van der Waals surface area contributed by atoms with E-state index >= 15 is 0 Å². The average Bonchev–Trinajstić information content (AvgIpc) is 2.83. The van der Waals surface area contributed by atoms with Crippen LogP contribution in [0, 0.1) is 5.92 Å². The van der Waals surface area contributed by atoms with Gasteiger partial charge in [0.25, 0.3) is 0 Å². The molecule has 3 atom stereocenters. The summed E-state index contributed by atoms with van der Waals surface area (Å²) < 4.78 is 29.3. The van der Waals surface area contributed by atoms with E-state index < -0.39 is 6.29 Å². The highest BCUT2D eigenvalue weighted by Crippen LogP contribution is 2.29. The molecule has 0 fully saturated rings. The van der Waals surface area contributed by atoms with Crippen molar-refractivity contribution >= 4 is 10.8 Å². The van der Waals surface area contributed by atoms with Crippen molar-refractivity contribution in [3.63, 3.8) is 0 Å². The Balaban J connectivity index is 1.68. The van der Waals surface area contributed by atoms with Gasteiger partial charge in [0.15, 0.2) is 6.29 Å². The van der Waals surface area contributed by atoms with Gasteiger partial charge in [-0.15, -0.1) is 0 Å². The van der Waals surface area contributed by atoms with Crippen LogP contribution in [0.3, 0.4) is 0 Å². The molecule has 0 saturated heterocycles. The number of ether oxygens (including phenoxy) is 5. The number of benzene rings is 2. The monoisotopic (exact) mass is 460 g/mol. The molecule has 0 N–H and O–H groups in total. The van der Waals surface area contributed by atoms with E-state index in [1.165, 1.54) is 11.8 Å². The molecule has 5 heteroatoms. The van der Waals surface area contributed by atoms with Crippen LogP contribution in [0.1, 0.15) is 65.2 Å². The SMILES string of the molecule is CCCC(C)OC(OCCOCCOCCOCCC(C)CC)c1cccc2ccccc12. The van der Waals surface area contributed by atoms with E-state index in [4.69, 9.17) is 23.7 Å². The van der Waals surface area contributed by atoms with Crippen LogP contribution in [0.4, 0.5) is 0 Å². The van der Waals surface area contributed by atoms with E-state index in [1.807, 2.05) is 0 Å². The van der Waals surface area contributed by atoms with Crippen molar-refractivity contribution in [2.24, 2.45) is 5.92 Å². The second-order valence-corrected chi connectivity index (χ2v) is 8.65. The van der Waals surface area contributed by atoms with Crippen LogP contribution < -0.4 is 0 Å². The molecule has 0 saturated carbocycles.